The van der Waals surface area contributed by atoms with E-state index in [1.807, 2.05) is 6.92 Å². The molecule has 0 unspecified atom stereocenters. The number of rotatable bonds is 7. The standard InChI is InChI=1S/C25H26FNO6S/c1-5-20-16-25(23(28)32-6-2,24(29)33-7-3)22(18-10-12-19(26)13-11-18)27(20)34(30,31)21-14-8-17(4)9-15-21/h1,8-15,20,22H,6-7,16H2,2-4H3/t20-,22+/m1/s1. The second-order valence-corrected chi connectivity index (χ2v) is 9.74. The highest BCUT2D eigenvalue weighted by molar-refractivity contribution is 7.89. The van der Waals surface area contributed by atoms with E-state index in [9.17, 15) is 22.4 Å². The molecule has 0 aliphatic carbocycles. The van der Waals surface area contributed by atoms with Gasteiger partial charge in [0.05, 0.1) is 30.2 Å². The van der Waals surface area contributed by atoms with Gasteiger partial charge in [0.25, 0.3) is 0 Å². The molecule has 0 bridgehead atoms. The molecule has 2 aromatic rings. The van der Waals surface area contributed by atoms with Crippen LogP contribution in [0.4, 0.5) is 4.39 Å². The zero-order chi connectivity index (χ0) is 25.1. The molecule has 0 aromatic heterocycles. The Morgan fingerprint density at radius 2 is 1.59 bits per heavy atom. The van der Waals surface area contributed by atoms with Gasteiger partial charge in [-0.2, -0.15) is 4.31 Å². The van der Waals surface area contributed by atoms with E-state index in [-0.39, 0.29) is 30.1 Å². The molecule has 1 fully saturated rings. The minimum Gasteiger partial charge on any atom is -0.465 e. The van der Waals surface area contributed by atoms with Crippen LogP contribution >= 0.6 is 0 Å². The van der Waals surface area contributed by atoms with Crippen LogP contribution in [0.2, 0.25) is 0 Å². The summed E-state index contributed by atoms with van der Waals surface area (Å²) in [6, 6.07) is 8.41. The highest BCUT2D eigenvalue weighted by Crippen LogP contribution is 2.54. The van der Waals surface area contributed by atoms with Crippen LogP contribution in [-0.4, -0.2) is 43.9 Å². The van der Waals surface area contributed by atoms with Crippen LogP contribution in [-0.2, 0) is 29.1 Å². The highest BCUT2D eigenvalue weighted by Gasteiger charge is 2.66. The Morgan fingerprint density at radius 3 is 2.06 bits per heavy atom. The number of carbonyl (C=O) groups excluding carboxylic acids is 2. The Balaban J connectivity index is 2.33. The van der Waals surface area contributed by atoms with Gasteiger partial charge in [0, 0.05) is 6.42 Å². The maximum absolute atomic E-state index is 13.9. The number of carbonyl (C=O) groups is 2. The second-order valence-electron chi connectivity index (χ2n) is 7.90. The Morgan fingerprint density at radius 1 is 1.06 bits per heavy atom. The van der Waals surface area contributed by atoms with Crippen molar-refractivity contribution in [2.45, 2.75) is 44.2 Å². The monoisotopic (exact) mass is 487 g/mol. The third-order valence-electron chi connectivity index (χ3n) is 5.80. The number of esters is 2. The number of ether oxygens (including phenoxy) is 2. The molecule has 0 amide bonds. The third kappa shape index (κ3) is 4.31. The lowest BCUT2D eigenvalue weighted by Crippen LogP contribution is -2.47. The molecule has 2 aromatic carbocycles. The number of benzene rings is 2. The number of nitrogens with zero attached hydrogens (tertiary/aromatic N) is 1. The lowest BCUT2D eigenvalue weighted by molar-refractivity contribution is -0.173. The van der Waals surface area contributed by atoms with E-state index in [1.54, 1.807) is 26.0 Å². The summed E-state index contributed by atoms with van der Waals surface area (Å²) in [4.78, 5) is 26.7. The fraction of sp³-hybridized carbons (Fsp3) is 0.360. The molecular weight excluding hydrogens is 461 g/mol. The van der Waals surface area contributed by atoms with Crippen molar-refractivity contribution in [2.75, 3.05) is 13.2 Å². The van der Waals surface area contributed by atoms with Crippen molar-refractivity contribution in [2.24, 2.45) is 5.41 Å². The molecule has 0 saturated carbocycles. The van der Waals surface area contributed by atoms with Gasteiger partial charge in [-0.15, -0.1) is 6.42 Å². The quantitative estimate of drug-likeness (QED) is 0.338. The summed E-state index contributed by atoms with van der Waals surface area (Å²) in [5, 5.41) is 0. The number of hydrogen-bond donors (Lipinski definition) is 0. The Kier molecular flexibility index (Phi) is 7.44. The topological polar surface area (TPSA) is 90.0 Å². The van der Waals surface area contributed by atoms with E-state index in [2.05, 4.69) is 5.92 Å². The first-order valence-corrected chi connectivity index (χ1v) is 12.2. The number of aryl methyl sites for hydroxylation is 1. The summed E-state index contributed by atoms with van der Waals surface area (Å²) >= 11 is 0. The molecule has 2 atom stereocenters. The zero-order valence-electron chi connectivity index (χ0n) is 19.2. The van der Waals surface area contributed by atoms with E-state index >= 15 is 0 Å². The highest BCUT2D eigenvalue weighted by atomic mass is 32.2. The van der Waals surface area contributed by atoms with Gasteiger partial charge in [0.1, 0.15) is 5.82 Å². The molecule has 0 radical (unpaired) electrons. The van der Waals surface area contributed by atoms with E-state index in [4.69, 9.17) is 15.9 Å². The lowest BCUT2D eigenvalue weighted by atomic mass is 9.76. The van der Waals surface area contributed by atoms with E-state index in [0.717, 1.165) is 22.0 Å². The van der Waals surface area contributed by atoms with Crippen molar-refractivity contribution in [3.63, 3.8) is 0 Å². The molecule has 180 valence electrons. The van der Waals surface area contributed by atoms with E-state index in [0.29, 0.717) is 0 Å². The molecule has 1 aliphatic rings. The summed E-state index contributed by atoms with van der Waals surface area (Å²) < 4.78 is 52.9. The normalized spacial score (nSPS) is 19.9. The van der Waals surface area contributed by atoms with Gasteiger partial charge in [-0.05, 0) is 50.6 Å². The summed E-state index contributed by atoms with van der Waals surface area (Å²) in [5.41, 5.74) is -1.04. The second kappa shape index (κ2) is 9.95. The molecule has 7 nitrogen and oxygen atoms in total. The van der Waals surface area contributed by atoms with E-state index in [1.165, 1.54) is 24.3 Å². The largest absolute Gasteiger partial charge is 0.465 e. The van der Waals surface area contributed by atoms with Crippen LogP contribution in [0.5, 0.6) is 0 Å². The molecule has 1 aliphatic heterocycles. The van der Waals surface area contributed by atoms with Gasteiger partial charge in [0.2, 0.25) is 10.0 Å². The molecule has 34 heavy (non-hydrogen) atoms. The van der Waals surface area contributed by atoms with Gasteiger partial charge < -0.3 is 9.47 Å². The first-order valence-electron chi connectivity index (χ1n) is 10.8. The first-order chi connectivity index (χ1) is 16.1. The number of halogens is 1. The molecule has 1 saturated heterocycles. The summed E-state index contributed by atoms with van der Waals surface area (Å²) in [7, 11) is -4.31. The Hall–Kier alpha value is -3.22. The molecule has 9 heteroatoms. The van der Waals surface area contributed by atoms with Gasteiger partial charge in [-0.1, -0.05) is 35.7 Å². The van der Waals surface area contributed by atoms with Crippen LogP contribution in [0.3, 0.4) is 0 Å². The summed E-state index contributed by atoms with van der Waals surface area (Å²) in [5.74, 6) is -0.0583. The fourth-order valence-electron chi connectivity index (χ4n) is 4.24. The first kappa shape index (κ1) is 25.4. The minimum absolute atomic E-state index is 0.0540. The van der Waals surface area contributed by atoms with Gasteiger partial charge >= 0.3 is 11.9 Å². The molecule has 3 rings (SSSR count). The number of sulfonamides is 1. The third-order valence-corrected chi connectivity index (χ3v) is 7.69. The van der Waals surface area contributed by atoms with Crippen LogP contribution in [0.1, 0.15) is 37.4 Å². The van der Waals surface area contributed by atoms with Crippen LogP contribution < -0.4 is 0 Å². The molecule has 0 N–H and O–H groups in total. The maximum Gasteiger partial charge on any atom is 0.325 e. The lowest BCUT2D eigenvalue weighted by Gasteiger charge is -2.34. The Labute approximate surface area is 198 Å². The molecular formula is C25H26FNO6S. The SMILES string of the molecule is C#C[C@@H]1CC(C(=O)OCC)(C(=O)OCC)[C@H](c2ccc(F)cc2)N1S(=O)(=O)c1ccc(C)cc1. The zero-order valence-corrected chi connectivity index (χ0v) is 20.0. The fourth-order valence-corrected chi connectivity index (χ4v) is 6.02. The van der Waals surface area contributed by atoms with Crippen molar-refractivity contribution < 1.29 is 31.9 Å². The minimum atomic E-state index is -4.31. The number of terminal acetylenes is 1. The predicted octanol–water partition coefficient (Wildman–Crippen LogP) is 3.38. The number of hydrogen-bond acceptors (Lipinski definition) is 6. The Bertz CT molecular complexity index is 1180. The van der Waals surface area contributed by atoms with Crippen molar-refractivity contribution >= 4 is 22.0 Å². The van der Waals surface area contributed by atoms with Crippen molar-refractivity contribution in [3.8, 4) is 12.3 Å². The molecule has 1 heterocycles. The maximum atomic E-state index is 13.9. The smallest absolute Gasteiger partial charge is 0.325 e. The van der Waals surface area contributed by atoms with Gasteiger partial charge in [-0.25, -0.2) is 12.8 Å². The van der Waals surface area contributed by atoms with Gasteiger partial charge in [0.15, 0.2) is 5.41 Å². The van der Waals surface area contributed by atoms with Crippen molar-refractivity contribution in [3.05, 3.63) is 65.5 Å². The summed E-state index contributed by atoms with van der Waals surface area (Å²) in [6.45, 7) is 4.84. The van der Waals surface area contributed by atoms with E-state index < -0.39 is 45.3 Å². The van der Waals surface area contributed by atoms with Crippen LogP contribution in [0.25, 0.3) is 0 Å². The van der Waals surface area contributed by atoms with Crippen LogP contribution in [0, 0.1) is 30.5 Å². The van der Waals surface area contributed by atoms with Gasteiger partial charge in [-0.3, -0.25) is 9.59 Å². The average molecular weight is 488 g/mol. The molecule has 0 spiro atoms. The average Bonchev–Trinajstić information content (AvgIpc) is 3.18. The summed E-state index contributed by atoms with van der Waals surface area (Å²) in [6.07, 6.45) is 5.38. The van der Waals surface area contributed by atoms with Crippen LogP contribution in [0.15, 0.2) is 53.4 Å². The van der Waals surface area contributed by atoms with Crippen molar-refractivity contribution in [1.29, 1.82) is 0 Å². The van der Waals surface area contributed by atoms with Crippen molar-refractivity contribution in [1.82, 2.24) is 4.31 Å². The predicted molar refractivity (Wildman–Crippen MR) is 122 cm³/mol.